The Bertz CT molecular complexity index is 97.0. The lowest BCUT2D eigenvalue weighted by atomic mass is 10.5. The van der Waals surface area contributed by atoms with Crippen LogP contribution in [0.1, 0.15) is 41.5 Å². The summed E-state index contributed by atoms with van der Waals surface area (Å²) in [6.45, 7) is 12.9. The molecular formula is C9H22OSi. The quantitative estimate of drug-likeness (QED) is 0.652. The predicted molar refractivity (Wildman–Crippen MR) is 53.3 cm³/mol. The van der Waals surface area contributed by atoms with E-state index in [1.54, 1.807) is 0 Å². The molecule has 0 aromatic carbocycles. The molecule has 0 saturated heterocycles. The van der Waals surface area contributed by atoms with Gasteiger partial charge in [-0.1, -0.05) is 41.5 Å². The van der Waals surface area contributed by atoms with E-state index >= 15 is 0 Å². The molecule has 0 aliphatic rings. The lowest BCUT2D eigenvalue weighted by Crippen LogP contribution is -2.44. The Kier molecular flexibility index (Phi) is 3.78. The Morgan fingerprint density at radius 3 is 0.909 bits per heavy atom. The van der Waals surface area contributed by atoms with E-state index in [2.05, 4.69) is 41.5 Å². The maximum absolute atomic E-state index is 10.4. The summed E-state index contributed by atoms with van der Waals surface area (Å²) in [6, 6.07) is 0. The molecule has 0 bridgehead atoms. The maximum atomic E-state index is 10.4. The van der Waals surface area contributed by atoms with Crippen molar-refractivity contribution in [1.29, 1.82) is 0 Å². The molecule has 2 heteroatoms. The van der Waals surface area contributed by atoms with Crippen LogP contribution in [0.15, 0.2) is 0 Å². The molecule has 0 amide bonds. The molecule has 0 radical (unpaired) electrons. The van der Waals surface area contributed by atoms with E-state index in [9.17, 15) is 4.80 Å². The largest absolute Gasteiger partial charge is 0.431 e. The van der Waals surface area contributed by atoms with Crippen molar-refractivity contribution < 1.29 is 4.80 Å². The van der Waals surface area contributed by atoms with Crippen molar-refractivity contribution in [2.45, 2.75) is 58.2 Å². The first-order chi connectivity index (χ1) is 4.83. The van der Waals surface area contributed by atoms with Gasteiger partial charge < -0.3 is 4.80 Å². The summed E-state index contributed by atoms with van der Waals surface area (Å²) in [5.41, 5.74) is 1.42. The van der Waals surface area contributed by atoms with E-state index in [0.717, 1.165) is 0 Å². The standard InChI is InChI=1S/C9H22OSi/c1-7(2)11(10,8(3)4)9(5)6/h7-10H,1-6H3. The highest BCUT2D eigenvalue weighted by Gasteiger charge is 2.41. The second-order valence-electron chi connectivity index (χ2n) is 4.35. The van der Waals surface area contributed by atoms with Gasteiger partial charge in [0.25, 0.3) is 0 Å². The molecule has 0 aliphatic carbocycles. The normalized spacial score (nSPS) is 13.6. The average molecular weight is 174 g/mol. The lowest BCUT2D eigenvalue weighted by Gasteiger charge is -2.36. The zero-order valence-corrected chi connectivity index (χ0v) is 9.68. The van der Waals surface area contributed by atoms with Crippen LogP contribution in [0.5, 0.6) is 0 Å². The molecule has 11 heavy (non-hydrogen) atoms. The Labute approximate surface area is 72.0 Å². The zero-order valence-electron chi connectivity index (χ0n) is 8.68. The fourth-order valence-electron chi connectivity index (χ4n) is 2.00. The Hall–Kier alpha value is 0.177. The van der Waals surface area contributed by atoms with Gasteiger partial charge in [0.05, 0.1) is 0 Å². The van der Waals surface area contributed by atoms with Crippen LogP contribution in [0.25, 0.3) is 0 Å². The van der Waals surface area contributed by atoms with Crippen LogP contribution in [0.2, 0.25) is 16.6 Å². The van der Waals surface area contributed by atoms with Gasteiger partial charge in [0, 0.05) is 0 Å². The average Bonchev–Trinajstić information content (AvgIpc) is 1.84. The van der Waals surface area contributed by atoms with Crippen molar-refractivity contribution in [2.24, 2.45) is 0 Å². The van der Waals surface area contributed by atoms with E-state index in [0.29, 0.717) is 16.6 Å². The summed E-state index contributed by atoms with van der Waals surface area (Å²) in [7, 11) is -1.98. The highest BCUT2D eigenvalue weighted by Crippen LogP contribution is 2.38. The molecular weight excluding hydrogens is 152 g/mol. The van der Waals surface area contributed by atoms with Crippen LogP contribution in [-0.2, 0) is 0 Å². The lowest BCUT2D eigenvalue weighted by molar-refractivity contribution is 0.474. The van der Waals surface area contributed by atoms with E-state index in [4.69, 9.17) is 0 Å². The summed E-state index contributed by atoms with van der Waals surface area (Å²) in [4.78, 5) is 10.4. The molecule has 0 saturated carbocycles. The van der Waals surface area contributed by atoms with Crippen molar-refractivity contribution >= 4 is 8.32 Å². The smallest absolute Gasteiger partial charge is 0.196 e. The van der Waals surface area contributed by atoms with Crippen LogP contribution in [-0.4, -0.2) is 13.1 Å². The van der Waals surface area contributed by atoms with Crippen LogP contribution >= 0.6 is 0 Å². The molecule has 0 aromatic rings. The molecule has 1 N–H and O–H groups in total. The van der Waals surface area contributed by atoms with Crippen LogP contribution in [0, 0.1) is 0 Å². The van der Waals surface area contributed by atoms with Crippen molar-refractivity contribution in [3.63, 3.8) is 0 Å². The predicted octanol–water partition coefficient (Wildman–Crippen LogP) is 3.15. The minimum Gasteiger partial charge on any atom is -0.431 e. The third-order valence-electron chi connectivity index (χ3n) is 2.77. The summed E-state index contributed by atoms with van der Waals surface area (Å²) in [5.74, 6) is 0. The third kappa shape index (κ3) is 2.06. The van der Waals surface area contributed by atoms with Gasteiger partial charge in [-0.15, -0.1) is 0 Å². The number of hydrogen-bond donors (Lipinski definition) is 1. The van der Waals surface area contributed by atoms with Crippen molar-refractivity contribution in [3.05, 3.63) is 0 Å². The number of hydrogen-bond acceptors (Lipinski definition) is 1. The van der Waals surface area contributed by atoms with Gasteiger partial charge in [-0.05, 0) is 16.6 Å². The van der Waals surface area contributed by atoms with Gasteiger partial charge in [-0.25, -0.2) is 0 Å². The summed E-state index contributed by atoms with van der Waals surface area (Å²) >= 11 is 0. The van der Waals surface area contributed by atoms with E-state index in [1.165, 1.54) is 0 Å². The highest BCUT2D eigenvalue weighted by atomic mass is 28.4. The van der Waals surface area contributed by atoms with Crippen molar-refractivity contribution in [2.75, 3.05) is 0 Å². The second kappa shape index (κ2) is 3.72. The minimum absolute atomic E-state index is 0.475. The first-order valence-electron chi connectivity index (χ1n) is 4.55. The topological polar surface area (TPSA) is 20.2 Å². The molecule has 0 atom stereocenters. The highest BCUT2D eigenvalue weighted by molar-refractivity contribution is 6.76. The second-order valence-corrected chi connectivity index (χ2v) is 9.59. The van der Waals surface area contributed by atoms with E-state index in [1.807, 2.05) is 0 Å². The van der Waals surface area contributed by atoms with Crippen LogP contribution < -0.4 is 0 Å². The van der Waals surface area contributed by atoms with E-state index < -0.39 is 8.32 Å². The Balaban J connectivity index is 4.53. The fraction of sp³-hybridized carbons (Fsp3) is 1.00. The molecule has 0 heterocycles. The molecule has 0 fully saturated rings. The summed E-state index contributed by atoms with van der Waals surface area (Å²) in [5, 5.41) is 0. The molecule has 1 nitrogen and oxygen atoms in total. The van der Waals surface area contributed by atoms with Crippen LogP contribution in [0.3, 0.4) is 0 Å². The Morgan fingerprint density at radius 1 is 0.727 bits per heavy atom. The van der Waals surface area contributed by atoms with Gasteiger partial charge in [0.15, 0.2) is 8.32 Å². The van der Waals surface area contributed by atoms with Gasteiger partial charge in [-0.2, -0.15) is 0 Å². The Morgan fingerprint density at radius 2 is 0.909 bits per heavy atom. The first kappa shape index (κ1) is 11.2. The molecule has 0 aromatic heterocycles. The monoisotopic (exact) mass is 174 g/mol. The van der Waals surface area contributed by atoms with Crippen molar-refractivity contribution in [1.82, 2.24) is 0 Å². The molecule has 0 rings (SSSR count). The fourth-order valence-corrected chi connectivity index (χ4v) is 6.00. The molecule has 0 spiro atoms. The minimum atomic E-state index is -1.98. The zero-order chi connectivity index (χ0) is 9.23. The first-order valence-corrected chi connectivity index (χ1v) is 6.73. The van der Waals surface area contributed by atoms with Gasteiger partial charge >= 0.3 is 0 Å². The molecule has 68 valence electrons. The van der Waals surface area contributed by atoms with Gasteiger partial charge in [0.2, 0.25) is 0 Å². The molecule has 0 unspecified atom stereocenters. The molecule has 0 aliphatic heterocycles. The number of rotatable bonds is 3. The van der Waals surface area contributed by atoms with Gasteiger partial charge in [-0.3, -0.25) is 0 Å². The van der Waals surface area contributed by atoms with E-state index in [-0.39, 0.29) is 0 Å². The third-order valence-corrected chi connectivity index (χ3v) is 8.32. The maximum Gasteiger partial charge on any atom is 0.196 e. The van der Waals surface area contributed by atoms with Crippen LogP contribution in [0.4, 0.5) is 0 Å². The SMILES string of the molecule is CC(C)[Si](O)(C(C)C)C(C)C. The summed E-state index contributed by atoms with van der Waals surface area (Å²) < 4.78 is 0. The van der Waals surface area contributed by atoms with Crippen molar-refractivity contribution in [3.8, 4) is 0 Å². The van der Waals surface area contributed by atoms with Gasteiger partial charge in [0.1, 0.15) is 0 Å². The summed E-state index contributed by atoms with van der Waals surface area (Å²) in [6.07, 6.45) is 0.